The molecule has 1 atom stereocenters. The van der Waals surface area contributed by atoms with Crippen molar-refractivity contribution < 1.29 is 14.6 Å². The summed E-state index contributed by atoms with van der Waals surface area (Å²) in [5.41, 5.74) is 1.16. The van der Waals surface area contributed by atoms with E-state index in [4.69, 9.17) is 9.84 Å². The molecule has 1 aromatic carbocycles. The molecule has 1 N–H and O–H groups in total. The lowest BCUT2D eigenvalue weighted by atomic mass is 10.1. The van der Waals surface area contributed by atoms with Gasteiger partial charge in [0.2, 0.25) is 0 Å². The molecule has 1 aromatic rings. The number of rotatable bonds is 7. The van der Waals surface area contributed by atoms with Crippen LogP contribution in [0.3, 0.4) is 0 Å². The number of benzene rings is 1. The Hall–Kier alpha value is -1.81. The average Bonchev–Trinajstić information content (AvgIpc) is 2.38. The van der Waals surface area contributed by atoms with E-state index in [1.54, 1.807) is 13.2 Å². The minimum absolute atomic E-state index is 0.301. The van der Waals surface area contributed by atoms with E-state index in [-0.39, 0.29) is 0 Å². The summed E-state index contributed by atoms with van der Waals surface area (Å²) >= 11 is 0. The van der Waals surface area contributed by atoms with Crippen molar-refractivity contribution in [2.45, 2.75) is 19.4 Å². The predicted octanol–water partition coefficient (Wildman–Crippen LogP) is 2.20. The van der Waals surface area contributed by atoms with E-state index in [9.17, 15) is 4.79 Å². The van der Waals surface area contributed by atoms with Gasteiger partial charge in [0, 0.05) is 18.7 Å². The van der Waals surface area contributed by atoms with Gasteiger partial charge in [-0.1, -0.05) is 24.3 Å². The Balaban J connectivity index is 2.58. The second-order valence-corrected chi connectivity index (χ2v) is 4.55. The molecule has 0 aliphatic rings. The topological polar surface area (TPSA) is 49.8 Å². The molecule has 104 valence electrons. The molecule has 1 rings (SSSR count). The summed E-state index contributed by atoms with van der Waals surface area (Å²) in [6.07, 6.45) is 3.69. The van der Waals surface area contributed by atoms with Crippen LogP contribution in [-0.4, -0.2) is 42.7 Å². The molecule has 4 heteroatoms. The normalized spacial score (nSPS) is 12.8. The van der Waals surface area contributed by atoms with Gasteiger partial charge in [0.25, 0.3) is 0 Å². The lowest BCUT2D eigenvalue weighted by Crippen LogP contribution is -2.31. The van der Waals surface area contributed by atoms with Crippen LogP contribution in [0, 0.1) is 0 Å². The molecule has 0 spiro atoms. The van der Waals surface area contributed by atoms with E-state index < -0.39 is 5.97 Å². The highest BCUT2D eigenvalue weighted by Gasteiger charge is 2.11. The van der Waals surface area contributed by atoms with Crippen molar-refractivity contribution in [3.05, 3.63) is 42.0 Å². The fraction of sp³-hybridized carbons (Fsp3) is 0.400. The number of carbonyl (C=O) groups is 1. The number of para-hydroxylation sites is 1. The van der Waals surface area contributed by atoms with Crippen LogP contribution in [0.25, 0.3) is 0 Å². The molecule has 0 bridgehead atoms. The smallest absolute Gasteiger partial charge is 0.328 e. The van der Waals surface area contributed by atoms with Crippen LogP contribution in [0.15, 0.2) is 36.4 Å². The number of ether oxygens (including phenoxy) is 1. The van der Waals surface area contributed by atoms with Crippen molar-refractivity contribution in [1.82, 2.24) is 4.90 Å². The fourth-order valence-corrected chi connectivity index (χ4v) is 1.85. The largest absolute Gasteiger partial charge is 0.496 e. The van der Waals surface area contributed by atoms with Crippen LogP contribution >= 0.6 is 0 Å². The Bertz CT molecular complexity index is 443. The van der Waals surface area contributed by atoms with Crippen LogP contribution in [0.5, 0.6) is 5.75 Å². The summed E-state index contributed by atoms with van der Waals surface area (Å²) in [6, 6.07) is 8.25. The van der Waals surface area contributed by atoms with Gasteiger partial charge in [-0.3, -0.25) is 4.90 Å². The third kappa shape index (κ3) is 5.14. The first-order valence-corrected chi connectivity index (χ1v) is 6.26. The first-order chi connectivity index (χ1) is 9.04. The number of likely N-dealkylation sites (N-methyl/N-ethyl adjacent to an activating group) is 1. The monoisotopic (exact) mass is 263 g/mol. The molecular weight excluding hydrogens is 242 g/mol. The zero-order valence-corrected chi connectivity index (χ0v) is 11.7. The number of aliphatic carboxylic acids is 1. The van der Waals surface area contributed by atoms with E-state index in [0.29, 0.717) is 12.6 Å². The van der Waals surface area contributed by atoms with Crippen molar-refractivity contribution >= 4 is 5.97 Å². The predicted molar refractivity (Wildman–Crippen MR) is 75.6 cm³/mol. The van der Waals surface area contributed by atoms with Crippen LogP contribution in [0.1, 0.15) is 12.5 Å². The standard InChI is InChI=1S/C15H21NO3/c1-12(16(2)10-6-9-15(17)18)11-13-7-4-5-8-14(13)19-3/h4-9,12H,10-11H2,1-3H3,(H,17,18). The van der Waals surface area contributed by atoms with Gasteiger partial charge in [-0.25, -0.2) is 4.79 Å². The van der Waals surface area contributed by atoms with Gasteiger partial charge in [-0.2, -0.15) is 0 Å². The average molecular weight is 263 g/mol. The van der Waals surface area contributed by atoms with Crippen molar-refractivity contribution in [3.63, 3.8) is 0 Å². The fourth-order valence-electron chi connectivity index (χ4n) is 1.85. The van der Waals surface area contributed by atoms with Crippen molar-refractivity contribution in [2.75, 3.05) is 20.7 Å². The lowest BCUT2D eigenvalue weighted by molar-refractivity contribution is -0.131. The Morgan fingerprint density at radius 3 is 2.79 bits per heavy atom. The molecular formula is C15H21NO3. The Morgan fingerprint density at radius 2 is 2.16 bits per heavy atom. The molecule has 0 radical (unpaired) electrons. The Morgan fingerprint density at radius 1 is 1.47 bits per heavy atom. The summed E-state index contributed by atoms with van der Waals surface area (Å²) in [5, 5.41) is 8.55. The van der Waals surface area contributed by atoms with Gasteiger partial charge in [-0.15, -0.1) is 0 Å². The number of carboxylic acids is 1. The third-order valence-electron chi connectivity index (χ3n) is 3.11. The SMILES string of the molecule is COc1ccccc1CC(C)N(C)CC=CC(=O)O. The minimum Gasteiger partial charge on any atom is -0.496 e. The molecule has 0 aromatic heterocycles. The molecule has 0 saturated heterocycles. The molecule has 1 unspecified atom stereocenters. The molecule has 0 heterocycles. The molecule has 0 saturated carbocycles. The van der Waals surface area contributed by atoms with Gasteiger partial charge in [0.15, 0.2) is 0 Å². The van der Waals surface area contributed by atoms with E-state index in [1.165, 1.54) is 6.08 Å². The second kappa shape index (κ2) is 7.59. The number of nitrogens with zero attached hydrogens (tertiary/aromatic N) is 1. The maximum atomic E-state index is 10.4. The molecule has 19 heavy (non-hydrogen) atoms. The quantitative estimate of drug-likeness (QED) is 0.766. The van der Waals surface area contributed by atoms with Gasteiger partial charge in [0.05, 0.1) is 7.11 Å². The van der Waals surface area contributed by atoms with Crippen LogP contribution in [0.4, 0.5) is 0 Å². The lowest BCUT2D eigenvalue weighted by Gasteiger charge is -2.24. The molecule has 0 aliphatic heterocycles. The summed E-state index contributed by atoms with van der Waals surface area (Å²) in [6.45, 7) is 2.73. The van der Waals surface area contributed by atoms with E-state index in [0.717, 1.165) is 17.7 Å². The number of hydrogen-bond donors (Lipinski definition) is 1. The highest BCUT2D eigenvalue weighted by atomic mass is 16.5. The molecule has 0 aliphatic carbocycles. The second-order valence-electron chi connectivity index (χ2n) is 4.55. The Kier molecular flexibility index (Phi) is 6.09. The molecule has 0 amide bonds. The molecule has 0 fully saturated rings. The maximum Gasteiger partial charge on any atom is 0.328 e. The summed E-state index contributed by atoms with van der Waals surface area (Å²) in [4.78, 5) is 12.5. The van der Waals surface area contributed by atoms with E-state index >= 15 is 0 Å². The third-order valence-corrected chi connectivity index (χ3v) is 3.11. The first kappa shape index (κ1) is 15.2. The van der Waals surface area contributed by atoms with Crippen molar-refractivity contribution in [1.29, 1.82) is 0 Å². The Labute approximate surface area is 114 Å². The highest BCUT2D eigenvalue weighted by molar-refractivity contribution is 5.79. The first-order valence-electron chi connectivity index (χ1n) is 6.26. The van der Waals surface area contributed by atoms with Crippen molar-refractivity contribution in [2.24, 2.45) is 0 Å². The molecule has 4 nitrogen and oxygen atoms in total. The minimum atomic E-state index is -0.911. The summed E-state index contributed by atoms with van der Waals surface area (Å²) in [7, 11) is 3.65. The number of hydrogen-bond acceptors (Lipinski definition) is 3. The zero-order valence-electron chi connectivity index (χ0n) is 11.7. The summed E-state index contributed by atoms with van der Waals surface area (Å²) in [5.74, 6) is -0.0189. The van der Waals surface area contributed by atoms with Crippen LogP contribution in [0.2, 0.25) is 0 Å². The van der Waals surface area contributed by atoms with Gasteiger partial charge < -0.3 is 9.84 Å². The van der Waals surface area contributed by atoms with Crippen molar-refractivity contribution in [3.8, 4) is 5.75 Å². The van der Waals surface area contributed by atoms with Gasteiger partial charge in [0.1, 0.15) is 5.75 Å². The highest BCUT2D eigenvalue weighted by Crippen LogP contribution is 2.20. The van der Waals surface area contributed by atoms with Crippen LogP contribution in [-0.2, 0) is 11.2 Å². The van der Waals surface area contributed by atoms with Crippen LogP contribution < -0.4 is 4.74 Å². The maximum absolute atomic E-state index is 10.4. The van der Waals surface area contributed by atoms with Gasteiger partial charge >= 0.3 is 5.97 Å². The van der Waals surface area contributed by atoms with E-state index in [2.05, 4.69) is 17.9 Å². The number of methoxy groups -OCH3 is 1. The zero-order chi connectivity index (χ0) is 14.3. The summed E-state index contributed by atoms with van der Waals surface area (Å²) < 4.78 is 5.33. The number of carboxylic acid groups (broad SMARTS) is 1. The van der Waals surface area contributed by atoms with Gasteiger partial charge in [-0.05, 0) is 32.0 Å². The van der Waals surface area contributed by atoms with E-state index in [1.807, 2.05) is 25.2 Å².